The van der Waals surface area contributed by atoms with Crippen LogP contribution in [0.15, 0.2) is 12.1 Å². The molecule has 2 rings (SSSR count). The summed E-state index contributed by atoms with van der Waals surface area (Å²) in [6, 6.07) is 5.36. The maximum atomic E-state index is 11.5. The predicted octanol–water partition coefficient (Wildman–Crippen LogP) is 2.13. The number of carbonyl (C=O) groups excluding carboxylic acids is 1. The quantitative estimate of drug-likeness (QED) is 0.690. The van der Waals surface area contributed by atoms with E-state index in [9.17, 15) is 4.79 Å². The highest BCUT2D eigenvalue weighted by Gasteiger charge is 2.21. The van der Waals surface area contributed by atoms with E-state index in [1.165, 1.54) is 0 Å². The van der Waals surface area contributed by atoms with Gasteiger partial charge in [-0.05, 0) is 34.7 Å². The second kappa shape index (κ2) is 3.58. The minimum atomic E-state index is 0.0974. The maximum Gasteiger partial charge on any atom is 0.171 e. The lowest BCUT2D eigenvalue weighted by atomic mass is 10.0. The molecule has 0 fully saturated rings. The molecule has 0 N–H and O–H groups in total. The zero-order chi connectivity index (χ0) is 10.1. The number of ketones is 1. The third kappa shape index (κ3) is 1.48. The number of halogens is 1. The van der Waals surface area contributed by atoms with Gasteiger partial charge in [0.25, 0.3) is 0 Å². The molecule has 4 heteroatoms. The molecule has 70 valence electrons. The summed E-state index contributed by atoms with van der Waals surface area (Å²) in [5.74, 6) is 0.643. The fraction of sp³-hybridized carbons (Fsp3) is 0.200. The van der Waals surface area contributed by atoms with Crippen LogP contribution in [-0.4, -0.2) is 12.4 Å². The highest BCUT2D eigenvalue weighted by Crippen LogP contribution is 2.30. The lowest BCUT2D eigenvalue weighted by molar-refractivity contribution is 0.0932. The molecule has 0 amide bonds. The Kier molecular flexibility index (Phi) is 2.42. The molecule has 1 aromatic carbocycles. The summed E-state index contributed by atoms with van der Waals surface area (Å²) in [6.07, 6.45) is 0.425. The van der Waals surface area contributed by atoms with Gasteiger partial charge in [-0.15, -0.1) is 0 Å². The smallest absolute Gasteiger partial charge is 0.171 e. The van der Waals surface area contributed by atoms with Crippen molar-refractivity contribution in [3.05, 3.63) is 26.8 Å². The van der Waals surface area contributed by atoms with Crippen LogP contribution in [0.5, 0.6) is 5.75 Å². The van der Waals surface area contributed by atoms with Gasteiger partial charge in [-0.3, -0.25) is 4.79 Å². The first-order chi connectivity index (χ1) is 6.72. The van der Waals surface area contributed by atoms with Crippen LogP contribution in [-0.2, 0) is 0 Å². The van der Waals surface area contributed by atoms with E-state index in [4.69, 9.17) is 10.00 Å². The standard InChI is InChI=1S/C10H6INO2/c11-7-3-6(5-12)4-9-10(7)8(13)1-2-14-9/h3-4H,1-2H2. The van der Waals surface area contributed by atoms with Crippen LogP contribution < -0.4 is 4.74 Å². The second-order valence-electron chi connectivity index (χ2n) is 2.96. The van der Waals surface area contributed by atoms with Crippen molar-refractivity contribution in [2.24, 2.45) is 0 Å². The molecule has 1 aliphatic rings. The number of ether oxygens (including phenoxy) is 1. The molecule has 0 saturated carbocycles. The maximum absolute atomic E-state index is 11.5. The van der Waals surface area contributed by atoms with Gasteiger partial charge >= 0.3 is 0 Å². The van der Waals surface area contributed by atoms with E-state index < -0.39 is 0 Å². The number of nitrogens with zero attached hydrogens (tertiary/aromatic N) is 1. The van der Waals surface area contributed by atoms with E-state index in [1.54, 1.807) is 12.1 Å². The molecule has 0 aliphatic carbocycles. The monoisotopic (exact) mass is 299 g/mol. The summed E-state index contributed by atoms with van der Waals surface area (Å²) < 4.78 is 6.13. The van der Waals surface area contributed by atoms with Crippen molar-refractivity contribution in [2.45, 2.75) is 6.42 Å². The van der Waals surface area contributed by atoms with Crippen LogP contribution in [0.1, 0.15) is 22.3 Å². The van der Waals surface area contributed by atoms with E-state index in [0.29, 0.717) is 29.9 Å². The Balaban J connectivity index is 2.64. The van der Waals surface area contributed by atoms with Crippen LogP contribution >= 0.6 is 22.6 Å². The normalized spacial score (nSPS) is 14.1. The summed E-state index contributed by atoms with van der Waals surface area (Å²) in [5, 5.41) is 8.74. The van der Waals surface area contributed by atoms with Crippen molar-refractivity contribution in [3.8, 4) is 11.8 Å². The van der Waals surface area contributed by atoms with Crippen molar-refractivity contribution >= 4 is 28.4 Å². The van der Waals surface area contributed by atoms with E-state index in [2.05, 4.69) is 22.6 Å². The number of hydrogen-bond donors (Lipinski definition) is 0. The largest absolute Gasteiger partial charge is 0.492 e. The number of fused-ring (bicyclic) bond motifs is 1. The molecular formula is C10H6INO2. The fourth-order valence-electron chi connectivity index (χ4n) is 1.41. The van der Waals surface area contributed by atoms with Crippen LogP contribution in [0.3, 0.4) is 0 Å². The molecule has 1 aromatic rings. The van der Waals surface area contributed by atoms with Gasteiger partial charge < -0.3 is 4.74 Å². The van der Waals surface area contributed by atoms with Gasteiger partial charge in [-0.25, -0.2) is 0 Å². The summed E-state index contributed by atoms with van der Waals surface area (Å²) in [7, 11) is 0. The minimum absolute atomic E-state index is 0.0974. The second-order valence-corrected chi connectivity index (χ2v) is 4.13. The topological polar surface area (TPSA) is 50.1 Å². The number of hydrogen-bond acceptors (Lipinski definition) is 3. The van der Waals surface area contributed by atoms with Crippen molar-refractivity contribution in [3.63, 3.8) is 0 Å². The lowest BCUT2D eigenvalue weighted by Crippen LogP contribution is -2.16. The number of carbonyl (C=O) groups is 1. The Hall–Kier alpha value is -1.09. The number of benzene rings is 1. The van der Waals surface area contributed by atoms with E-state index in [1.807, 2.05) is 6.07 Å². The minimum Gasteiger partial charge on any atom is -0.492 e. The Bertz CT molecular complexity index is 448. The van der Waals surface area contributed by atoms with Gasteiger partial charge in [0, 0.05) is 9.99 Å². The number of rotatable bonds is 0. The van der Waals surface area contributed by atoms with Crippen LogP contribution in [0, 0.1) is 14.9 Å². The average molecular weight is 299 g/mol. The first-order valence-electron chi connectivity index (χ1n) is 4.12. The van der Waals surface area contributed by atoms with Crippen LogP contribution in [0.2, 0.25) is 0 Å². The van der Waals surface area contributed by atoms with Crippen molar-refractivity contribution < 1.29 is 9.53 Å². The molecule has 0 bridgehead atoms. The van der Waals surface area contributed by atoms with Crippen molar-refractivity contribution in [2.75, 3.05) is 6.61 Å². The Morgan fingerprint density at radius 1 is 1.50 bits per heavy atom. The van der Waals surface area contributed by atoms with Crippen molar-refractivity contribution in [1.29, 1.82) is 5.26 Å². The summed E-state index contributed by atoms with van der Waals surface area (Å²) in [6.45, 7) is 0.413. The Morgan fingerprint density at radius 3 is 3.00 bits per heavy atom. The third-order valence-electron chi connectivity index (χ3n) is 2.05. The van der Waals surface area contributed by atoms with Crippen LogP contribution in [0.25, 0.3) is 0 Å². The molecule has 0 saturated heterocycles. The molecule has 3 nitrogen and oxygen atoms in total. The number of nitriles is 1. The summed E-state index contributed by atoms with van der Waals surface area (Å²) in [4.78, 5) is 11.5. The van der Waals surface area contributed by atoms with Gasteiger partial charge in [0.15, 0.2) is 5.78 Å². The SMILES string of the molecule is N#Cc1cc(I)c2c(c1)OCCC2=O. The van der Waals surface area contributed by atoms with Gasteiger partial charge in [-0.2, -0.15) is 5.26 Å². The molecule has 1 heterocycles. The van der Waals surface area contributed by atoms with E-state index in [-0.39, 0.29) is 5.78 Å². The predicted molar refractivity (Wildman–Crippen MR) is 58.3 cm³/mol. The van der Waals surface area contributed by atoms with Gasteiger partial charge in [-0.1, -0.05) is 0 Å². The zero-order valence-electron chi connectivity index (χ0n) is 7.21. The molecule has 0 spiro atoms. The molecule has 1 aliphatic heterocycles. The van der Waals surface area contributed by atoms with Crippen LogP contribution in [0.4, 0.5) is 0 Å². The zero-order valence-corrected chi connectivity index (χ0v) is 9.37. The highest BCUT2D eigenvalue weighted by molar-refractivity contribution is 14.1. The number of Topliss-reactive ketones (excluding diaryl/α,β-unsaturated/α-hetero) is 1. The Labute approximate surface area is 94.8 Å². The molecule has 14 heavy (non-hydrogen) atoms. The molecule has 0 aromatic heterocycles. The van der Waals surface area contributed by atoms with Crippen molar-refractivity contribution in [1.82, 2.24) is 0 Å². The van der Waals surface area contributed by atoms with E-state index in [0.717, 1.165) is 3.57 Å². The van der Waals surface area contributed by atoms with Gasteiger partial charge in [0.05, 0.1) is 23.8 Å². The summed E-state index contributed by atoms with van der Waals surface area (Å²) >= 11 is 2.06. The van der Waals surface area contributed by atoms with Gasteiger partial charge in [0.2, 0.25) is 0 Å². The Morgan fingerprint density at radius 2 is 2.29 bits per heavy atom. The van der Waals surface area contributed by atoms with E-state index >= 15 is 0 Å². The highest BCUT2D eigenvalue weighted by atomic mass is 127. The molecule has 0 unspecified atom stereocenters. The molecular weight excluding hydrogens is 293 g/mol. The molecule has 0 radical (unpaired) electrons. The first-order valence-corrected chi connectivity index (χ1v) is 5.20. The lowest BCUT2D eigenvalue weighted by Gasteiger charge is -2.17. The van der Waals surface area contributed by atoms with Gasteiger partial charge in [0.1, 0.15) is 5.75 Å². The molecule has 0 atom stereocenters. The summed E-state index contributed by atoms with van der Waals surface area (Å²) in [5.41, 5.74) is 1.15. The fourth-order valence-corrected chi connectivity index (χ4v) is 2.31. The third-order valence-corrected chi connectivity index (χ3v) is 2.90. The average Bonchev–Trinajstić information content (AvgIpc) is 2.17. The first kappa shape index (κ1) is 9.46.